The highest BCUT2D eigenvalue weighted by atomic mass is 16.3. The Bertz CT molecular complexity index is 188. The summed E-state index contributed by atoms with van der Waals surface area (Å²) in [6.45, 7) is 6.55. The standard InChI is InChI=1S/C11H24N2O3/c1-4-10(15)6-13(7-11(16)5-2)8-12-9(3)14/h10-11,15-16H,4-8H2,1-3H3,(H,12,14). The molecule has 3 N–H and O–H groups in total. The van der Waals surface area contributed by atoms with Crippen molar-refractivity contribution in [2.75, 3.05) is 19.8 Å². The van der Waals surface area contributed by atoms with Crippen LogP contribution >= 0.6 is 0 Å². The van der Waals surface area contributed by atoms with Gasteiger partial charge in [-0.1, -0.05) is 13.8 Å². The number of hydrogen-bond donors (Lipinski definition) is 3. The highest BCUT2D eigenvalue weighted by Gasteiger charge is 2.13. The summed E-state index contributed by atoms with van der Waals surface area (Å²) < 4.78 is 0. The number of hydrogen-bond acceptors (Lipinski definition) is 4. The lowest BCUT2D eigenvalue weighted by molar-refractivity contribution is -0.119. The number of carbonyl (C=O) groups excluding carboxylic acids is 1. The van der Waals surface area contributed by atoms with Gasteiger partial charge in [-0.25, -0.2) is 0 Å². The maximum Gasteiger partial charge on any atom is 0.217 e. The third kappa shape index (κ3) is 7.62. The highest BCUT2D eigenvalue weighted by molar-refractivity contribution is 5.72. The van der Waals surface area contributed by atoms with Crippen molar-refractivity contribution in [3.63, 3.8) is 0 Å². The normalized spacial score (nSPS) is 14.9. The third-order valence-corrected chi connectivity index (χ3v) is 2.43. The van der Waals surface area contributed by atoms with Crippen LogP contribution in [0.3, 0.4) is 0 Å². The molecule has 0 fully saturated rings. The lowest BCUT2D eigenvalue weighted by Gasteiger charge is -2.26. The zero-order valence-electron chi connectivity index (χ0n) is 10.4. The van der Waals surface area contributed by atoms with E-state index in [0.29, 0.717) is 32.6 Å². The van der Waals surface area contributed by atoms with Gasteiger partial charge in [0, 0.05) is 20.0 Å². The van der Waals surface area contributed by atoms with Gasteiger partial charge in [-0.3, -0.25) is 9.69 Å². The first-order valence-electron chi connectivity index (χ1n) is 5.82. The Hall–Kier alpha value is -0.650. The summed E-state index contributed by atoms with van der Waals surface area (Å²) in [4.78, 5) is 12.6. The smallest absolute Gasteiger partial charge is 0.217 e. The zero-order chi connectivity index (χ0) is 12.6. The minimum Gasteiger partial charge on any atom is -0.392 e. The number of aliphatic hydroxyl groups is 2. The Morgan fingerprint density at radius 1 is 1.19 bits per heavy atom. The van der Waals surface area contributed by atoms with Crippen LogP contribution in [0.1, 0.15) is 33.6 Å². The quantitative estimate of drug-likeness (QED) is 0.512. The second-order valence-electron chi connectivity index (χ2n) is 4.05. The number of aliphatic hydroxyl groups excluding tert-OH is 2. The van der Waals surface area contributed by atoms with Crippen molar-refractivity contribution in [1.82, 2.24) is 10.2 Å². The molecular weight excluding hydrogens is 208 g/mol. The molecule has 0 saturated carbocycles. The molecule has 0 aliphatic carbocycles. The Kier molecular flexibility index (Phi) is 8.15. The van der Waals surface area contributed by atoms with Gasteiger partial charge in [0.15, 0.2) is 0 Å². The predicted octanol–water partition coefficient (Wildman–Crippen LogP) is -0.0762. The topological polar surface area (TPSA) is 72.8 Å². The van der Waals surface area contributed by atoms with Gasteiger partial charge < -0.3 is 15.5 Å². The molecule has 16 heavy (non-hydrogen) atoms. The van der Waals surface area contributed by atoms with Crippen molar-refractivity contribution >= 4 is 5.91 Å². The van der Waals surface area contributed by atoms with E-state index in [1.807, 2.05) is 18.7 Å². The molecule has 0 aliphatic rings. The van der Waals surface area contributed by atoms with Crippen molar-refractivity contribution in [3.8, 4) is 0 Å². The lowest BCUT2D eigenvalue weighted by Crippen LogP contribution is -2.44. The van der Waals surface area contributed by atoms with Crippen molar-refractivity contribution in [2.45, 2.75) is 45.8 Å². The fourth-order valence-corrected chi connectivity index (χ4v) is 1.28. The molecule has 5 heteroatoms. The van der Waals surface area contributed by atoms with E-state index in [-0.39, 0.29) is 5.91 Å². The number of amides is 1. The average molecular weight is 232 g/mol. The number of rotatable bonds is 8. The van der Waals surface area contributed by atoms with Crippen LogP contribution in [-0.2, 0) is 4.79 Å². The van der Waals surface area contributed by atoms with Crippen LogP contribution in [0.2, 0.25) is 0 Å². The van der Waals surface area contributed by atoms with Gasteiger partial charge in [0.05, 0.1) is 18.9 Å². The van der Waals surface area contributed by atoms with Crippen molar-refractivity contribution in [1.29, 1.82) is 0 Å². The highest BCUT2D eigenvalue weighted by Crippen LogP contribution is 1.99. The summed E-state index contributed by atoms with van der Waals surface area (Å²) in [5, 5.41) is 21.8. The average Bonchev–Trinajstić information content (AvgIpc) is 2.25. The minimum absolute atomic E-state index is 0.109. The Balaban J connectivity index is 4.09. The lowest BCUT2D eigenvalue weighted by atomic mass is 10.2. The molecule has 2 atom stereocenters. The maximum atomic E-state index is 10.8. The summed E-state index contributed by atoms with van der Waals surface area (Å²) in [6.07, 6.45) is 0.494. The predicted molar refractivity (Wildman–Crippen MR) is 62.9 cm³/mol. The molecule has 96 valence electrons. The second kappa shape index (κ2) is 8.50. The van der Waals surface area contributed by atoms with Gasteiger partial charge in [-0.05, 0) is 12.8 Å². The minimum atomic E-state index is -0.419. The molecule has 2 unspecified atom stereocenters. The van der Waals surface area contributed by atoms with Crippen molar-refractivity contribution in [2.24, 2.45) is 0 Å². The first-order chi connectivity index (χ1) is 7.49. The van der Waals surface area contributed by atoms with E-state index in [4.69, 9.17) is 0 Å². The van der Waals surface area contributed by atoms with Gasteiger partial charge in [-0.2, -0.15) is 0 Å². The van der Waals surface area contributed by atoms with Gasteiger partial charge in [0.2, 0.25) is 5.91 Å². The molecule has 0 spiro atoms. The molecule has 5 nitrogen and oxygen atoms in total. The Labute approximate surface area is 97.4 Å². The van der Waals surface area contributed by atoms with Crippen molar-refractivity contribution < 1.29 is 15.0 Å². The first-order valence-corrected chi connectivity index (χ1v) is 5.82. The Morgan fingerprint density at radius 3 is 1.94 bits per heavy atom. The second-order valence-corrected chi connectivity index (χ2v) is 4.05. The van der Waals surface area contributed by atoms with E-state index in [1.165, 1.54) is 6.92 Å². The molecule has 0 rings (SSSR count). The summed E-state index contributed by atoms with van der Waals surface area (Å²) >= 11 is 0. The monoisotopic (exact) mass is 232 g/mol. The number of nitrogens with zero attached hydrogens (tertiary/aromatic N) is 1. The summed E-state index contributed by atoms with van der Waals surface area (Å²) in [7, 11) is 0. The largest absolute Gasteiger partial charge is 0.392 e. The molecule has 0 saturated heterocycles. The molecule has 1 amide bonds. The number of carbonyl (C=O) groups is 1. The SMILES string of the molecule is CCC(O)CN(CNC(C)=O)CC(O)CC. The van der Waals surface area contributed by atoms with Crippen LogP contribution in [-0.4, -0.2) is 53.0 Å². The molecule has 0 aromatic rings. The van der Waals surface area contributed by atoms with E-state index in [0.717, 1.165) is 0 Å². The molecule has 0 bridgehead atoms. The zero-order valence-corrected chi connectivity index (χ0v) is 10.4. The molecule has 0 heterocycles. The van der Waals surface area contributed by atoms with Crippen LogP contribution in [0.15, 0.2) is 0 Å². The van der Waals surface area contributed by atoms with E-state index >= 15 is 0 Å². The van der Waals surface area contributed by atoms with Crippen molar-refractivity contribution in [3.05, 3.63) is 0 Å². The maximum absolute atomic E-state index is 10.8. The Morgan fingerprint density at radius 2 is 1.62 bits per heavy atom. The fraction of sp³-hybridized carbons (Fsp3) is 0.909. The molecule has 0 aromatic carbocycles. The summed E-state index contributed by atoms with van der Waals surface area (Å²) in [6, 6.07) is 0. The summed E-state index contributed by atoms with van der Waals surface area (Å²) in [5.74, 6) is -0.109. The fourth-order valence-electron chi connectivity index (χ4n) is 1.28. The van der Waals surface area contributed by atoms with Crippen LogP contribution in [0.4, 0.5) is 0 Å². The van der Waals surface area contributed by atoms with Crippen LogP contribution in [0.25, 0.3) is 0 Å². The molecule has 0 aliphatic heterocycles. The molecule has 0 aromatic heterocycles. The van der Waals surface area contributed by atoms with Gasteiger partial charge in [-0.15, -0.1) is 0 Å². The van der Waals surface area contributed by atoms with E-state index < -0.39 is 12.2 Å². The summed E-state index contributed by atoms with van der Waals surface area (Å²) in [5.41, 5.74) is 0. The third-order valence-electron chi connectivity index (χ3n) is 2.43. The van der Waals surface area contributed by atoms with Crippen LogP contribution < -0.4 is 5.32 Å². The molecule has 0 radical (unpaired) electrons. The van der Waals surface area contributed by atoms with Crippen LogP contribution in [0, 0.1) is 0 Å². The van der Waals surface area contributed by atoms with E-state index in [2.05, 4.69) is 5.32 Å². The first kappa shape index (κ1) is 15.3. The van der Waals surface area contributed by atoms with Gasteiger partial charge in [0.25, 0.3) is 0 Å². The van der Waals surface area contributed by atoms with E-state index in [1.54, 1.807) is 0 Å². The van der Waals surface area contributed by atoms with Crippen LogP contribution in [0.5, 0.6) is 0 Å². The van der Waals surface area contributed by atoms with E-state index in [9.17, 15) is 15.0 Å². The van der Waals surface area contributed by atoms with Gasteiger partial charge >= 0.3 is 0 Å². The van der Waals surface area contributed by atoms with Gasteiger partial charge in [0.1, 0.15) is 0 Å². The number of nitrogens with one attached hydrogen (secondary N) is 1. The molecular formula is C11H24N2O3.